The first kappa shape index (κ1) is 40.4. The number of aliphatic hydroxyl groups is 1. The summed E-state index contributed by atoms with van der Waals surface area (Å²) in [5.74, 6) is 1.15. The average molecular weight is 727 g/mol. The Balaban J connectivity index is 1.36. The minimum atomic E-state index is -2.00. The van der Waals surface area contributed by atoms with E-state index in [2.05, 4.69) is 107 Å². The van der Waals surface area contributed by atoms with Crippen LogP contribution >= 0.6 is 0 Å². The Kier molecular flexibility index (Phi) is 11.7. The lowest BCUT2D eigenvalue weighted by molar-refractivity contribution is -0.304. The number of hydrogen-bond donors (Lipinski definition) is 1. The quantitative estimate of drug-likeness (QED) is 0.209. The fraction of sp³-hybridized carbons (Fsp3) is 0.814. The van der Waals surface area contributed by atoms with Crippen LogP contribution in [0.5, 0.6) is 0 Å². The molecule has 1 aliphatic heterocycles. The molecule has 7 atom stereocenters. The van der Waals surface area contributed by atoms with E-state index in [0.717, 1.165) is 36.8 Å². The molecule has 5 aliphatic rings. The standard InChI is InChI=1S/C43H74O5Si2/c1-29-27-45-43(46-28-29)23-21-34(39(43)44)24-30(2)36-19-20-37-32(16-15-22-42(36,37)10)17-18-33-25-35(47-49(11,12)40(4,5)6)26-38(31(33)3)48-50(13,14)41(7,8)9/h17-18,24,29-30,35-39,44H,3,15-16,19-23,25-28H2,1-2,4-14H3/t29?,30-,35-,36-,37?,38+,39?,42-,43?/m1/s1. The number of ether oxygens (including phenoxy) is 2. The van der Waals surface area contributed by atoms with Crippen LogP contribution in [0.15, 0.2) is 47.1 Å². The van der Waals surface area contributed by atoms with Gasteiger partial charge in [0.2, 0.25) is 0 Å². The van der Waals surface area contributed by atoms with E-state index >= 15 is 0 Å². The summed E-state index contributed by atoms with van der Waals surface area (Å²) in [5, 5.41) is 11.7. The molecule has 0 radical (unpaired) electrons. The molecular formula is C43H74O5Si2. The van der Waals surface area contributed by atoms with Crippen LogP contribution < -0.4 is 0 Å². The minimum absolute atomic E-state index is 0.00307. The highest BCUT2D eigenvalue weighted by Gasteiger charge is 2.53. The highest BCUT2D eigenvalue weighted by molar-refractivity contribution is 6.74. The van der Waals surface area contributed by atoms with E-state index in [9.17, 15) is 5.11 Å². The molecule has 1 saturated heterocycles. The summed E-state index contributed by atoms with van der Waals surface area (Å²) < 4.78 is 26.5. The Bertz CT molecular complexity index is 1340. The van der Waals surface area contributed by atoms with E-state index in [4.69, 9.17) is 24.9 Å². The third-order valence-electron chi connectivity index (χ3n) is 14.6. The van der Waals surface area contributed by atoms with Crippen molar-refractivity contribution in [3.63, 3.8) is 0 Å². The molecule has 5 fully saturated rings. The molecule has 0 aromatic heterocycles. The topological polar surface area (TPSA) is 57.2 Å². The molecule has 1 N–H and O–H groups in total. The molecule has 1 spiro atoms. The molecule has 284 valence electrons. The van der Waals surface area contributed by atoms with Gasteiger partial charge in [0, 0.05) is 18.8 Å². The molecule has 2 unspecified atom stereocenters. The molecule has 0 bridgehead atoms. The number of rotatable bonds is 7. The molecule has 5 nitrogen and oxygen atoms in total. The molecule has 0 amide bonds. The summed E-state index contributed by atoms with van der Waals surface area (Å²) in [4.78, 5) is 0. The van der Waals surface area contributed by atoms with Crippen LogP contribution in [0.25, 0.3) is 0 Å². The molecule has 7 heteroatoms. The average Bonchev–Trinajstić information content (AvgIpc) is 3.50. The van der Waals surface area contributed by atoms with Crippen molar-refractivity contribution in [3.05, 3.63) is 47.1 Å². The predicted octanol–water partition coefficient (Wildman–Crippen LogP) is 11.3. The van der Waals surface area contributed by atoms with E-state index in [0.29, 0.717) is 36.9 Å². The van der Waals surface area contributed by atoms with Gasteiger partial charge in [-0.3, -0.25) is 0 Å². The first-order valence-electron chi connectivity index (χ1n) is 20.1. The summed E-state index contributed by atoms with van der Waals surface area (Å²) >= 11 is 0. The molecular weight excluding hydrogens is 653 g/mol. The molecule has 0 aromatic rings. The van der Waals surface area contributed by atoms with Crippen LogP contribution in [-0.2, 0) is 18.3 Å². The van der Waals surface area contributed by atoms with Gasteiger partial charge in [0.05, 0.1) is 25.4 Å². The third kappa shape index (κ3) is 8.00. The van der Waals surface area contributed by atoms with Crippen LogP contribution in [0.3, 0.4) is 0 Å². The van der Waals surface area contributed by atoms with E-state index in [1.807, 2.05) is 0 Å². The molecule has 0 aromatic carbocycles. The van der Waals surface area contributed by atoms with Crippen molar-refractivity contribution < 1.29 is 23.4 Å². The maximum absolute atomic E-state index is 11.4. The van der Waals surface area contributed by atoms with Crippen molar-refractivity contribution >= 4 is 16.6 Å². The summed E-state index contributed by atoms with van der Waals surface area (Å²) in [7, 11) is -3.96. The summed E-state index contributed by atoms with van der Waals surface area (Å²) in [5.41, 5.74) is 5.49. The first-order chi connectivity index (χ1) is 23.0. The van der Waals surface area contributed by atoms with Gasteiger partial charge in [-0.15, -0.1) is 0 Å². The largest absolute Gasteiger partial charge is 0.413 e. The van der Waals surface area contributed by atoms with Crippen molar-refractivity contribution in [1.29, 1.82) is 0 Å². The third-order valence-corrected chi connectivity index (χ3v) is 23.7. The van der Waals surface area contributed by atoms with E-state index < -0.39 is 28.5 Å². The fourth-order valence-electron chi connectivity index (χ4n) is 9.37. The lowest BCUT2D eigenvalue weighted by atomic mass is 9.61. The first-order valence-corrected chi connectivity index (χ1v) is 25.9. The van der Waals surface area contributed by atoms with Gasteiger partial charge < -0.3 is 23.4 Å². The zero-order valence-electron chi connectivity index (χ0n) is 34.3. The van der Waals surface area contributed by atoms with E-state index in [1.54, 1.807) is 5.57 Å². The van der Waals surface area contributed by atoms with Crippen LogP contribution in [0, 0.1) is 29.1 Å². The molecule has 1 heterocycles. The lowest BCUT2D eigenvalue weighted by Crippen LogP contribution is -2.49. The molecule has 5 rings (SSSR count). The second-order valence-electron chi connectivity index (χ2n) is 20.4. The molecule has 50 heavy (non-hydrogen) atoms. The second kappa shape index (κ2) is 14.4. The van der Waals surface area contributed by atoms with Gasteiger partial charge in [0.15, 0.2) is 22.4 Å². The van der Waals surface area contributed by atoms with Crippen molar-refractivity contribution in [2.45, 2.75) is 180 Å². The van der Waals surface area contributed by atoms with Crippen LogP contribution in [0.2, 0.25) is 36.3 Å². The van der Waals surface area contributed by atoms with Gasteiger partial charge >= 0.3 is 0 Å². The summed E-state index contributed by atoms with van der Waals surface area (Å²) in [6.07, 6.45) is 16.4. The number of aliphatic hydroxyl groups excluding tert-OH is 1. The summed E-state index contributed by atoms with van der Waals surface area (Å²) in [6, 6.07) is 0. The monoisotopic (exact) mass is 727 g/mol. The number of hydrogen-bond acceptors (Lipinski definition) is 5. The van der Waals surface area contributed by atoms with Gasteiger partial charge in [0.1, 0.15) is 6.10 Å². The second-order valence-corrected chi connectivity index (χ2v) is 29.9. The van der Waals surface area contributed by atoms with Crippen molar-refractivity contribution in [3.8, 4) is 0 Å². The highest BCUT2D eigenvalue weighted by atomic mass is 28.4. The maximum Gasteiger partial charge on any atom is 0.198 e. The van der Waals surface area contributed by atoms with Gasteiger partial charge in [0.25, 0.3) is 0 Å². The van der Waals surface area contributed by atoms with E-state index in [1.165, 1.54) is 37.7 Å². The van der Waals surface area contributed by atoms with Crippen molar-refractivity contribution in [2.24, 2.45) is 29.1 Å². The fourth-order valence-corrected chi connectivity index (χ4v) is 12.0. The van der Waals surface area contributed by atoms with Gasteiger partial charge in [-0.1, -0.05) is 92.7 Å². The summed E-state index contributed by atoms with van der Waals surface area (Å²) in [6.45, 7) is 36.6. The highest BCUT2D eigenvalue weighted by Crippen LogP contribution is 2.60. The smallest absolute Gasteiger partial charge is 0.198 e. The Morgan fingerprint density at radius 1 is 0.900 bits per heavy atom. The zero-order valence-corrected chi connectivity index (χ0v) is 36.3. The number of allylic oxidation sites excluding steroid dienone is 4. The maximum atomic E-state index is 11.4. The number of fused-ring (bicyclic) bond motifs is 1. The molecule has 4 aliphatic carbocycles. The zero-order chi connectivity index (χ0) is 37.1. The Morgan fingerprint density at radius 3 is 2.14 bits per heavy atom. The van der Waals surface area contributed by atoms with E-state index in [-0.39, 0.29) is 27.7 Å². The van der Waals surface area contributed by atoms with Gasteiger partial charge in [-0.25, -0.2) is 0 Å². The van der Waals surface area contributed by atoms with Gasteiger partial charge in [-0.05, 0) is 121 Å². The minimum Gasteiger partial charge on any atom is -0.413 e. The van der Waals surface area contributed by atoms with Crippen LogP contribution in [-0.4, -0.2) is 59.1 Å². The Labute approximate surface area is 309 Å². The van der Waals surface area contributed by atoms with Crippen molar-refractivity contribution in [2.75, 3.05) is 13.2 Å². The normalized spacial score (nSPS) is 39.2. The SMILES string of the molecule is C=C1C(=CC=C2CCC[C@@]3(C)C2CC[C@@H]3[C@H](C)C=C2CCC3(OCC(C)CO3)C2O)C[C@@H](O[Si](C)(C)C(C)(C)C)C[C@@H]1O[Si](C)(C)C(C)(C)C. The van der Waals surface area contributed by atoms with Crippen LogP contribution in [0.1, 0.15) is 120 Å². The van der Waals surface area contributed by atoms with Crippen LogP contribution in [0.4, 0.5) is 0 Å². The predicted molar refractivity (Wildman–Crippen MR) is 213 cm³/mol. The van der Waals surface area contributed by atoms with Gasteiger partial charge in [-0.2, -0.15) is 0 Å². The van der Waals surface area contributed by atoms with Crippen molar-refractivity contribution in [1.82, 2.24) is 0 Å². The molecule has 4 saturated carbocycles. The lowest BCUT2D eigenvalue weighted by Gasteiger charge is -2.45. The Hall–Kier alpha value is -0.806. The Morgan fingerprint density at radius 2 is 1.52 bits per heavy atom.